The van der Waals surface area contributed by atoms with Crippen molar-refractivity contribution in [2.24, 2.45) is 0 Å². The van der Waals surface area contributed by atoms with Crippen molar-refractivity contribution in [2.45, 2.75) is 429 Å². The molecule has 1 aliphatic rings. The lowest BCUT2D eigenvalue weighted by Gasteiger charge is -2.40. The number of hydrogen-bond acceptors (Lipinski definition) is 8. The van der Waals surface area contributed by atoms with Crippen molar-refractivity contribution in [3.8, 4) is 0 Å². The monoisotopic (exact) mass is 1150 g/mol. The van der Waals surface area contributed by atoms with Gasteiger partial charge in [0.05, 0.1) is 25.4 Å². The largest absolute Gasteiger partial charge is 0.394 e. The minimum Gasteiger partial charge on any atom is -0.394 e. The highest BCUT2D eigenvalue weighted by molar-refractivity contribution is 5.76. The van der Waals surface area contributed by atoms with E-state index in [4.69, 9.17) is 9.47 Å². The Balaban J connectivity index is 2.07. The lowest BCUT2D eigenvalue weighted by atomic mass is 9.99. The number of unbranched alkanes of at least 4 members (excludes halogenated alkanes) is 53. The number of carbonyl (C=O) groups is 1. The van der Waals surface area contributed by atoms with Crippen LogP contribution in [-0.2, 0) is 14.3 Å². The summed E-state index contributed by atoms with van der Waals surface area (Å²) in [5, 5.41) is 55.0. The molecule has 0 aromatic heterocycles. The van der Waals surface area contributed by atoms with Crippen LogP contribution in [0.5, 0.6) is 0 Å². The summed E-state index contributed by atoms with van der Waals surface area (Å²) in [4.78, 5) is 13.2. The van der Waals surface area contributed by atoms with Gasteiger partial charge in [0.25, 0.3) is 0 Å². The van der Waals surface area contributed by atoms with Crippen molar-refractivity contribution in [1.82, 2.24) is 5.32 Å². The van der Waals surface area contributed by atoms with Crippen molar-refractivity contribution in [3.05, 3.63) is 12.2 Å². The van der Waals surface area contributed by atoms with E-state index in [1.165, 1.54) is 321 Å². The second-order valence-electron chi connectivity index (χ2n) is 25.7. The molecule has 1 amide bonds. The first-order valence-electron chi connectivity index (χ1n) is 36.4. The van der Waals surface area contributed by atoms with Gasteiger partial charge in [-0.15, -0.1) is 0 Å². The van der Waals surface area contributed by atoms with Gasteiger partial charge in [-0.3, -0.25) is 4.79 Å². The summed E-state index contributed by atoms with van der Waals surface area (Å²) in [6.45, 7) is 3.91. The van der Waals surface area contributed by atoms with Crippen molar-refractivity contribution in [2.75, 3.05) is 13.2 Å². The van der Waals surface area contributed by atoms with E-state index in [0.29, 0.717) is 12.8 Å². The number of rotatable bonds is 65. The molecule has 1 fully saturated rings. The molecule has 7 unspecified atom stereocenters. The maximum atomic E-state index is 13.2. The summed E-state index contributed by atoms with van der Waals surface area (Å²) in [6.07, 6.45) is 73.0. The molecule has 0 aliphatic carbocycles. The van der Waals surface area contributed by atoms with Gasteiger partial charge in [-0.2, -0.15) is 0 Å². The average molecular weight is 1150 g/mol. The van der Waals surface area contributed by atoms with Gasteiger partial charge in [0, 0.05) is 6.42 Å². The Hall–Kier alpha value is -1.07. The Morgan fingerprint density at radius 1 is 0.407 bits per heavy atom. The first-order valence-corrected chi connectivity index (χ1v) is 36.4. The second kappa shape index (κ2) is 62.0. The molecule has 1 aliphatic heterocycles. The van der Waals surface area contributed by atoms with E-state index < -0.39 is 49.5 Å². The fourth-order valence-corrected chi connectivity index (χ4v) is 12.2. The molecule has 9 heteroatoms. The molecule has 9 nitrogen and oxygen atoms in total. The highest BCUT2D eigenvalue weighted by Crippen LogP contribution is 2.24. The van der Waals surface area contributed by atoms with Crippen LogP contribution in [0.25, 0.3) is 0 Å². The average Bonchev–Trinajstić information content (AvgIpc) is 3.48. The van der Waals surface area contributed by atoms with Crippen LogP contribution in [0.4, 0.5) is 0 Å². The summed E-state index contributed by atoms with van der Waals surface area (Å²) >= 11 is 0. The zero-order chi connectivity index (χ0) is 58.6. The summed E-state index contributed by atoms with van der Waals surface area (Å²) in [5.41, 5.74) is 0. The summed E-state index contributed by atoms with van der Waals surface area (Å²) in [6, 6.07) is -0.717. The highest BCUT2D eigenvalue weighted by atomic mass is 16.7. The normalized spacial score (nSPS) is 18.3. The van der Waals surface area contributed by atoms with Gasteiger partial charge in [-0.05, 0) is 38.5 Å². The number of allylic oxidation sites excluding steroid dienone is 2. The van der Waals surface area contributed by atoms with E-state index in [2.05, 4.69) is 31.3 Å². The van der Waals surface area contributed by atoms with Crippen molar-refractivity contribution >= 4 is 5.91 Å². The van der Waals surface area contributed by atoms with Gasteiger partial charge in [0.2, 0.25) is 5.91 Å². The lowest BCUT2D eigenvalue weighted by Crippen LogP contribution is -2.60. The maximum absolute atomic E-state index is 13.2. The minimum absolute atomic E-state index is 0.132. The Bertz CT molecular complexity index is 1280. The third-order valence-electron chi connectivity index (χ3n) is 17.9. The lowest BCUT2D eigenvalue weighted by molar-refractivity contribution is -0.302. The van der Waals surface area contributed by atoms with Crippen LogP contribution in [-0.4, -0.2) is 87.5 Å². The molecule has 1 saturated heterocycles. The number of aliphatic hydroxyl groups excluding tert-OH is 5. The Kier molecular flexibility index (Phi) is 59.7. The molecule has 1 heterocycles. The van der Waals surface area contributed by atoms with Crippen LogP contribution >= 0.6 is 0 Å². The van der Waals surface area contributed by atoms with E-state index in [0.717, 1.165) is 38.5 Å². The molecule has 0 aromatic rings. The molecular formula is C72H141NO8. The highest BCUT2D eigenvalue weighted by Gasteiger charge is 2.44. The number of nitrogens with one attached hydrogen (secondary N) is 1. The molecule has 0 radical (unpaired) electrons. The smallest absolute Gasteiger partial charge is 0.220 e. The van der Waals surface area contributed by atoms with Crippen molar-refractivity contribution in [1.29, 1.82) is 0 Å². The van der Waals surface area contributed by atoms with Crippen molar-refractivity contribution < 1.29 is 39.8 Å². The fourth-order valence-electron chi connectivity index (χ4n) is 12.2. The number of ether oxygens (including phenoxy) is 2. The predicted molar refractivity (Wildman–Crippen MR) is 346 cm³/mol. The first-order chi connectivity index (χ1) is 39.8. The van der Waals surface area contributed by atoms with Crippen LogP contribution in [0.3, 0.4) is 0 Å². The quantitative estimate of drug-likeness (QED) is 0.0261. The van der Waals surface area contributed by atoms with Crippen molar-refractivity contribution in [3.63, 3.8) is 0 Å². The summed E-state index contributed by atoms with van der Waals surface area (Å²) in [5.74, 6) is -0.135. The van der Waals surface area contributed by atoms with E-state index in [1.807, 2.05) is 0 Å². The zero-order valence-corrected chi connectivity index (χ0v) is 54.1. The number of carbonyl (C=O) groups excluding carboxylic acids is 1. The Labute approximate surface area is 503 Å². The number of aliphatic hydroxyl groups is 5. The summed E-state index contributed by atoms with van der Waals surface area (Å²) in [7, 11) is 0. The molecule has 0 aromatic carbocycles. The predicted octanol–water partition coefficient (Wildman–Crippen LogP) is 19.9. The molecule has 0 bridgehead atoms. The van der Waals surface area contributed by atoms with Crippen LogP contribution in [0, 0.1) is 0 Å². The molecule has 482 valence electrons. The van der Waals surface area contributed by atoms with E-state index >= 15 is 0 Å². The van der Waals surface area contributed by atoms with Crippen LogP contribution in [0.15, 0.2) is 12.2 Å². The molecule has 7 atom stereocenters. The van der Waals surface area contributed by atoms with Crippen LogP contribution in [0.2, 0.25) is 0 Å². The van der Waals surface area contributed by atoms with Crippen LogP contribution in [0.1, 0.15) is 386 Å². The Morgan fingerprint density at radius 2 is 0.691 bits per heavy atom. The standard InChI is InChI=1S/C72H141NO8/c1-3-5-7-9-11-13-15-17-19-21-23-25-27-28-29-30-31-32-33-34-35-36-37-38-40-42-44-46-48-50-52-54-56-58-60-62-68(76)73-65(64-80-72-71(79)70(78)69(77)67(63-74)81-72)66(75)61-59-57-55-53-51-49-47-45-43-41-39-26-24-22-20-18-16-14-12-10-8-6-4-2/h30-31,65-67,69-72,74-75,77-79H,3-29,32-64H2,1-2H3,(H,73,76)/b31-30-. The molecule has 1 rings (SSSR count). The zero-order valence-electron chi connectivity index (χ0n) is 54.1. The fraction of sp³-hybridized carbons (Fsp3) is 0.958. The maximum Gasteiger partial charge on any atom is 0.220 e. The Morgan fingerprint density at radius 3 is 1.00 bits per heavy atom. The van der Waals surface area contributed by atoms with Gasteiger partial charge < -0.3 is 40.3 Å². The van der Waals surface area contributed by atoms with E-state index in [-0.39, 0.29) is 12.5 Å². The van der Waals surface area contributed by atoms with Gasteiger partial charge in [-0.25, -0.2) is 0 Å². The molecule has 81 heavy (non-hydrogen) atoms. The van der Waals surface area contributed by atoms with Gasteiger partial charge in [0.1, 0.15) is 24.4 Å². The SMILES string of the molecule is CCCCCCCCCCCCCCCC/C=C\CCCCCCCCCCCCCCCCCCCC(=O)NC(COC1OC(CO)C(O)C(O)C1O)C(O)CCCCCCCCCCCCCCCCCCCCCCCCC. The van der Waals surface area contributed by atoms with Gasteiger partial charge in [0.15, 0.2) is 6.29 Å². The van der Waals surface area contributed by atoms with Gasteiger partial charge in [-0.1, -0.05) is 353 Å². The minimum atomic E-state index is -1.55. The molecule has 0 spiro atoms. The third kappa shape index (κ3) is 50.8. The molecule has 0 saturated carbocycles. The second-order valence-corrected chi connectivity index (χ2v) is 25.7. The summed E-state index contributed by atoms with van der Waals surface area (Å²) < 4.78 is 11.4. The topological polar surface area (TPSA) is 149 Å². The molecular weight excluding hydrogens is 1010 g/mol. The van der Waals surface area contributed by atoms with Gasteiger partial charge >= 0.3 is 0 Å². The number of amides is 1. The van der Waals surface area contributed by atoms with E-state index in [1.54, 1.807) is 0 Å². The third-order valence-corrected chi connectivity index (χ3v) is 17.9. The first kappa shape index (κ1) is 77.9. The number of hydrogen-bond donors (Lipinski definition) is 6. The van der Waals surface area contributed by atoms with Crippen LogP contribution < -0.4 is 5.32 Å². The van der Waals surface area contributed by atoms with E-state index in [9.17, 15) is 30.3 Å². The molecule has 6 N–H and O–H groups in total.